The van der Waals surface area contributed by atoms with Crippen LogP contribution in [0.15, 0.2) is 20.0 Å². The van der Waals surface area contributed by atoms with E-state index in [4.69, 9.17) is 14.9 Å². The van der Waals surface area contributed by atoms with Crippen LogP contribution in [0.3, 0.4) is 0 Å². The SMILES string of the molecule is CC1OCCC1NS(=O)(=O)c1cc(CN)oc1Br. The minimum atomic E-state index is -3.62. The molecule has 0 amide bonds. The highest BCUT2D eigenvalue weighted by Gasteiger charge is 2.31. The number of rotatable bonds is 4. The van der Waals surface area contributed by atoms with E-state index in [0.717, 1.165) is 0 Å². The molecule has 1 aromatic heterocycles. The zero-order valence-electron chi connectivity index (χ0n) is 9.85. The van der Waals surface area contributed by atoms with Gasteiger partial charge >= 0.3 is 0 Å². The predicted molar refractivity (Wildman–Crippen MR) is 68.4 cm³/mol. The van der Waals surface area contributed by atoms with Crippen LogP contribution in [0.5, 0.6) is 0 Å². The summed E-state index contributed by atoms with van der Waals surface area (Å²) in [6.07, 6.45) is 0.541. The highest BCUT2D eigenvalue weighted by atomic mass is 79.9. The minimum absolute atomic E-state index is 0.0713. The normalized spacial score (nSPS) is 24.6. The molecule has 0 saturated carbocycles. The van der Waals surface area contributed by atoms with Gasteiger partial charge in [-0.25, -0.2) is 13.1 Å². The van der Waals surface area contributed by atoms with Crippen molar-refractivity contribution in [2.24, 2.45) is 5.73 Å². The third-order valence-corrected chi connectivity index (χ3v) is 5.23. The summed E-state index contributed by atoms with van der Waals surface area (Å²) < 4.78 is 37.7. The summed E-state index contributed by atoms with van der Waals surface area (Å²) in [5.41, 5.74) is 5.41. The van der Waals surface area contributed by atoms with Crippen molar-refractivity contribution in [1.29, 1.82) is 0 Å². The Hall–Kier alpha value is -0.410. The van der Waals surface area contributed by atoms with Gasteiger partial charge in [-0.3, -0.25) is 0 Å². The van der Waals surface area contributed by atoms with Gasteiger partial charge in [0.25, 0.3) is 0 Å². The summed E-state index contributed by atoms with van der Waals surface area (Å²) in [6, 6.07) is 1.21. The lowest BCUT2D eigenvalue weighted by molar-refractivity contribution is 0.117. The van der Waals surface area contributed by atoms with Crippen LogP contribution < -0.4 is 10.5 Å². The summed E-state index contributed by atoms with van der Waals surface area (Å²) in [7, 11) is -3.62. The van der Waals surface area contributed by atoms with E-state index in [1.54, 1.807) is 0 Å². The summed E-state index contributed by atoms with van der Waals surface area (Å²) in [5.74, 6) is 0.415. The molecule has 1 aliphatic rings. The van der Waals surface area contributed by atoms with Crippen molar-refractivity contribution >= 4 is 26.0 Å². The van der Waals surface area contributed by atoms with Gasteiger partial charge < -0.3 is 14.9 Å². The van der Waals surface area contributed by atoms with Crippen LogP contribution in [0.25, 0.3) is 0 Å². The van der Waals surface area contributed by atoms with Gasteiger partial charge in [0.1, 0.15) is 10.7 Å². The lowest BCUT2D eigenvalue weighted by Gasteiger charge is -2.15. The predicted octanol–water partition coefficient (Wildman–Crippen LogP) is 0.956. The van der Waals surface area contributed by atoms with Gasteiger partial charge in [0.05, 0.1) is 18.7 Å². The first-order chi connectivity index (χ1) is 8.44. The molecule has 18 heavy (non-hydrogen) atoms. The van der Waals surface area contributed by atoms with Crippen LogP contribution in [0.1, 0.15) is 19.1 Å². The standard InChI is InChI=1S/C10H15BrN2O4S/c1-6-8(2-3-16-6)13-18(14,15)9-4-7(5-12)17-10(9)11/h4,6,8,13H,2-3,5,12H2,1H3. The van der Waals surface area contributed by atoms with Gasteiger partial charge in [0.15, 0.2) is 4.67 Å². The molecule has 1 aliphatic heterocycles. The Kier molecular flexibility index (Phi) is 4.12. The number of hydrogen-bond acceptors (Lipinski definition) is 5. The zero-order valence-corrected chi connectivity index (χ0v) is 12.3. The van der Waals surface area contributed by atoms with Crippen LogP contribution in [0.4, 0.5) is 0 Å². The highest BCUT2D eigenvalue weighted by molar-refractivity contribution is 9.10. The first-order valence-corrected chi connectivity index (χ1v) is 7.84. The molecule has 2 heterocycles. The molecule has 0 radical (unpaired) electrons. The second kappa shape index (κ2) is 5.30. The lowest BCUT2D eigenvalue weighted by atomic mass is 10.2. The Morgan fingerprint density at radius 3 is 2.83 bits per heavy atom. The molecule has 0 bridgehead atoms. The molecule has 102 valence electrons. The monoisotopic (exact) mass is 338 g/mol. The molecule has 1 saturated heterocycles. The first-order valence-electron chi connectivity index (χ1n) is 5.56. The molecular weight excluding hydrogens is 324 g/mol. The van der Waals surface area contributed by atoms with Gasteiger partial charge in [0.2, 0.25) is 10.0 Å². The largest absolute Gasteiger partial charge is 0.452 e. The molecule has 0 aliphatic carbocycles. The maximum atomic E-state index is 12.2. The molecule has 1 aromatic rings. The molecule has 0 spiro atoms. The van der Waals surface area contributed by atoms with E-state index >= 15 is 0 Å². The average Bonchev–Trinajstić information content (AvgIpc) is 2.86. The van der Waals surface area contributed by atoms with E-state index in [1.165, 1.54) is 6.07 Å². The van der Waals surface area contributed by atoms with Gasteiger partial charge in [-0.15, -0.1) is 0 Å². The number of nitrogens with two attached hydrogens (primary N) is 1. The molecular formula is C10H15BrN2O4S. The molecule has 3 N–H and O–H groups in total. The van der Waals surface area contributed by atoms with Gasteiger partial charge in [-0.2, -0.15) is 0 Å². The fourth-order valence-electron chi connectivity index (χ4n) is 1.83. The molecule has 8 heteroatoms. The minimum Gasteiger partial charge on any atom is -0.452 e. The van der Waals surface area contributed by atoms with Crippen LogP contribution in [0, 0.1) is 0 Å². The summed E-state index contributed by atoms with van der Waals surface area (Å²) in [5, 5.41) is 0. The number of sulfonamides is 1. The molecule has 1 fully saturated rings. The summed E-state index contributed by atoms with van der Waals surface area (Å²) in [6.45, 7) is 2.56. The van der Waals surface area contributed by atoms with Crippen LogP contribution in [-0.2, 0) is 21.3 Å². The number of hydrogen-bond donors (Lipinski definition) is 2. The second-order valence-electron chi connectivity index (χ2n) is 4.15. The molecule has 6 nitrogen and oxygen atoms in total. The van der Waals surface area contributed by atoms with E-state index in [9.17, 15) is 8.42 Å². The second-order valence-corrected chi connectivity index (χ2v) is 6.55. The quantitative estimate of drug-likeness (QED) is 0.852. The van der Waals surface area contributed by atoms with Crippen molar-refractivity contribution in [2.45, 2.75) is 36.9 Å². The fraction of sp³-hybridized carbons (Fsp3) is 0.600. The van der Waals surface area contributed by atoms with Crippen molar-refractivity contribution in [3.63, 3.8) is 0 Å². The molecule has 2 rings (SSSR count). The van der Waals surface area contributed by atoms with Crippen molar-refractivity contribution in [2.75, 3.05) is 6.61 Å². The summed E-state index contributed by atoms with van der Waals surface area (Å²) >= 11 is 3.09. The highest BCUT2D eigenvalue weighted by Crippen LogP contribution is 2.27. The van der Waals surface area contributed by atoms with Gasteiger partial charge in [-0.1, -0.05) is 0 Å². The third kappa shape index (κ3) is 2.77. The van der Waals surface area contributed by atoms with E-state index in [-0.39, 0.29) is 28.3 Å². The maximum Gasteiger partial charge on any atom is 0.245 e. The van der Waals surface area contributed by atoms with Crippen molar-refractivity contribution in [1.82, 2.24) is 4.72 Å². The first kappa shape index (κ1) is 14.0. The molecule has 2 atom stereocenters. The Morgan fingerprint density at radius 2 is 2.33 bits per heavy atom. The van der Waals surface area contributed by atoms with Gasteiger partial charge in [0, 0.05) is 12.7 Å². The van der Waals surface area contributed by atoms with Crippen LogP contribution >= 0.6 is 15.9 Å². The van der Waals surface area contributed by atoms with Gasteiger partial charge in [-0.05, 0) is 29.3 Å². The third-order valence-electron chi connectivity index (χ3n) is 2.88. The maximum absolute atomic E-state index is 12.2. The average molecular weight is 339 g/mol. The van der Waals surface area contributed by atoms with E-state index in [0.29, 0.717) is 18.8 Å². The smallest absolute Gasteiger partial charge is 0.245 e. The Balaban J connectivity index is 2.22. The van der Waals surface area contributed by atoms with Crippen LogP contribution in [-0.4, -0.2) is 27.2 Å². The van der Waals surface area contributed by atoms with Crippen molar-refractivity contribution in [3.05, 3.63) is 16.5 Å². The van der Waals surface area contributed by atoms with E-state index in [1.807, 2.05) is 6.92 Å². The number of halogens is 1. The number of ether oxygens (including phenoxy) is 1. The zero-order chi connectivity index (χ0) is 13.3. The topological polar surface area (TPSA) is 94.6 Å². The van der Waals surface area contributed by atoms with Crippen molar-refractivity contribution in [3.8, 4) is 0 Å². The van der Waals surface area contributed by atoms with E-state index in [2.05, 4.69) is 20.7 Å². The Morgan fingerprint density at radius 1 is 1.61 bits per heavy atom. The number of nitrogens with one attached hydrogen (secondary N) is 1. The van der Waals surface area contributed by atoms with E-state index < -0.39 is 10.0 Å². The van der Waals surface area contributed by atoms with Crippen LogP contribution in [0.2, 0.25) is 0 Å². The van der Waals surface area contributed by atoms with Crippen molar-refractivity contribution < 1.29 is 17.6 Å². The molecule has 2 unspecified atom stereocenters. The number of furan rings is 1. The summed E-state index contributed by atoms with van der Waals surface area (Å²) in [4.78, 5) is 0.0713. The Bertz CT molecular complexity index is 528. The Labute approximate surface area is 114 Å². The molecule has 0 aromatic carbocycles. The lowest BCUT2D eigenvalue weighted by Crippen LogP contribution is -2.39. The fourth-order valence-corrected chi connectivity index (χ4v) is 4.17.